The molecule has 0 radical (unpaired) electrons. The molecule has 21 heavy (non-hydrogen) atoms. The molecule has 2 heterocycles. The minimum Gasteiger partial charge on any atom is -0.371 e. The normalized spacial score (nSPS) is 29.6. The Bertz CT molecular complexity index is 587. The molecule has 0 spiro atoms. The highest BCUT2D eigenvalue weighted by Gasteiger charge is 2.31. The smallest absolute Gasteiger partial charge is 0.150 e. The van der Waals surface area contributed by atoms with Gasteiger partial charge in [0.25, 0.3) is 0 Å². The van der Waals surface area contributed by atoms with Gasteiger partial charge in [-0.05, 0) is 30.0 Å². The molecule has 0 unspecified atom stereocenters. The lowest BCUT2D eigenvalue weighted by molar-refractivity contribution is -0.0335. The lowest BCUT2D eigenvalue weighted by Crippen LogP contribution is -2.41. The zero-order chi connectivity index (χ0) is 14.9. The number of sulfone groups is 1. The van der Waals surface area contributed by atoms with Gasteiger partial charge in [0.2, 0.25) is 0 Å². The third-order valence-corrected chi connectivity index (χ3v) is 6.60. The number of hydrogen-bond donors (Lipinski definition) is 0. The summed E-state index contributed by atoms with van der Waals surface area (Å²) in [4.78, 5) is 2.35. The van der Waals surface area contributed by atoms with Gasteiger partial charge >= 0.3 is 0 Å². The Morgan fingerprint density at radius 2 is 2.05 bits per heavy atom. The van der Waals surface area contributed by atoms with Crippen molar-refractivity contribution < 1.29 is 13.2 Å². The van der Waals surface area contributed by atoms with Crippen LogP contribution in [0.1, 0.15) is 18.1 Å². The van der Waals surface area contributed by atoms with Gasteiger partial charge in [-0.1, -0.05) is 28.1 Å². The summed E-state index contributed by atoms with van der Waals surface area (Å²) in [7, 11) is -2.78. The fraction of sp³-hybridized carbons (Fsp3) is 0.600. The zero-order valence-electron chi connectivity index (χ0n) is 11.9. The number of rotatable bonds is 3. The van der Waals surface area contributed by atoms with Crippen molar-refractivity contribution in [3.8, 4) is 0 Å². The van der Waals surface area contributed by atoms with Gasteiger partial charge in [-0.15, -0.1) is 0 Å². The molecule has 6 heteroatoms. The van der Waals surface area contributed by atoms with Crippen LogP contribution in [0.15, 0.2) is 28.7 Å². The van der Waals surface area contributed by atoms with Crippen molar-refractivity contribution >= 4 is 25.8 Å². The maximum atomic E-state index is 11.6. The highest BCUT2D eigenvalue weighted by atomic mass is 79.9. The topological polar surface area (TPSA) is 46.6 Å². The number of benzene rings is 1. The van der Waals surface area contributed by atoms with E-state index in [9.17, 15) is 8.42 Å². The van der Waals surface area contributed by atoms with E-state index in [2.05, 4.69) is 33.0 Å². The first kappa shape index (κ1) is 15.5. The molecule has 2 saturated heterocycles. The van der Waals surface area contributed by atoms with E-state index in [4.69, 9.17) is 4.74 Å². The molecule has 2 aliphatic heterocycles. The fourth-order valence-electron chi connectivity index (χ4n) is 3.13. The number of ether oxygens (including phenoxy) is 1. The molecule has 1 aromatic rings. The van der Waals surface area contributed by atoms with E-state index in [1.165, 1.54) is 5.56 Å². The van der Waals surface area contributed by atoms with Gasteiger partial charge in [0, 0.05) is 24.1 Å². The van der Waals surface area contributed by atoms with Crippen LogP contribution in [0.3, 0.4) is 0 Å². The van der Waals surface area contributed by atoms with Crippen LogP contribution in [-0.2, 0) is 14.6 Å². The molecule has 0 saturated carbocycles. The molecule has 3 rings (SSSR count). The van der Waals surface area contributed by atoms with Crippen LogP contribution in [0.2, 0.25) is 0 Å². The minimum absolute atomic E-state index is 0.0878. The molecule has 2 aliphatic rings. The van der Waals surface area contributed by atoms with Crippen molar-refractivity contribution in [3.05, 3.63) is 34.3 Å². The molecule has 0 aliphatic carbocycles. The van der Waals surface area contributed by atoms with E-state index in [-0.39, 0.29) is 6.10 Å². The van der Waals surface area contributed by atoms with E-state index in [1.807, 2.05) is 12.1 Å². The van der Waals surface area contributed by atoms with Gasteiger partial charge in [0.05, 0.1) is 24.2 Å². The molecule has 0 bridgehead atoms. The first-order valence-electron chi connectivity index (χ1n) is 7.32. The SMILES string of the molecule is O=S1(=O)CC[C@H](CN2CCO[C@@H](c3ccc(Br)cc3)C2)C1. The van der Waals surface area contributed by atoms with E-state index in [0.29, 0.717) is 24.0 Å². The highest BCUT2D eigenvalue weighted by Crippen LogP contribution is 2.26. The molecule has 2 fully saturated rings. The Kier molecular flexibility index (Phi) is 4.69. The Hall–Kier alpha value is -0.430. The van der Waals surface area contributed by atoms with Crippen molar-refractivity contribution in [2.45, 2.75) is 12.5 Å². The lowest BCUT2D eigenvalue weighted by atomic mass is 10.1. The molecule has 0 N–H and O–H groups in total. The summed E-state index contributed by atoms with van der Waals surface area (Å²) in [5.74, 6) is 1.00. The Balaban J connectivity index is 1.59. The first-order valence-corrected chi connectivity index (χ1v) is 9.93. The van der Waals surface area contributed by atoms with Gasteiger partial charge in [-0.25, -0.2) is 8.42 Å². The van der Waals surface area contributed by atoms with Crippen molar-refractivity contribution in [1.29, 1.82) is 0 Å². The molecular formula is C15H20BrNO3S. The van der Waals surface area contributed by atoms with Crippen molar-refractivity contribution in [2.24, 2.45) is 5.92 Å². The summed E-state index contributed by atoms with van der Waals surface area (Å²) in [5, 5.41) is 0. The van der Waals surface area contributed by atoms with Gasteiger partial charge in [0.15, 0.2) is 9.84 Å². The summed E-state index contributed by atoms with van der Waals surface area (Å²) < 4.78 is 30.0. The summed E-state index contributed by atoms with van der Waals surface area (Å²) in [6, 6.07) is 8.22. The first-order chi connectivity index (χ1) is 10.0. The van der Waals surface area contributed by atoms with E-state index in [0.717, 1.165) is 30.5 Å². The molecule has 2 atom stereocenters. The van der Waals surface area contributed by atoms with Crippen molar-refractivity contribution in [2.75, 3.05) is 37.7 Å². The molecular weight excluding hydrogens is 354 g/mol. The second kappa shape index (κ2) is 6.36. The molecule has 1 aromatic carbocycles. The minimum atomic E-state index is -2.78. The maximum Gasteiger partial charge on any atom is 0.150 e. The van der Waals surface area contributed by atoms with E-state index in [1.54, 1.807) is 0 Å². The predicted molar refractivity (Wildman–Crippen MR) is 86.0 cm³/mol. The molecule has 116 valence electrons. The van der Waals surface area contributed by atoms with Gasteiger partial charge in [-0.3, -0.25) is 4.90 Å². The Labute approximate surface area is 134 Å². The van der Waals surface area contributed by atoms with Gasteiger partial charge in [0.1, 0.15) is 0 Å². The van der Waals surface area contributed by atoms with Crippen molar-refractivity contribution in [1.82, 2.24) is 4.90 Å². The number of hydrogen-bond acceptors (Lipinski definition) is 4. The Morgan fingerprint density at radius 1 is 1.29 bits per heavy atom. The van der Waals surface area contributed by atoms with E-state index < -0.39 is 9.84 Å². The van der Waals surface area contributed by atoms with Crippen LogP contribution < -0.4 is 0 Å². The fourth-order valence-corrected chi connectivity index (χ4v) is 5.24. The molecule has 0 amide bonds. The van der Waals surface area contributed by atoms with Crippen LogP contribution >= 0.6 is 15.9 Å². The molecule has 4 nitrogen and oxygen atoms in total. The second-order valence-corrected chi connectivity index (χ2v) is 9.08. The van der Waals surface area contributed by atoms with Gasteiger partial charge < -0.3 is 4.74 Å². The number of morpholine rings is 1. The summed E-state index contributed by atoms with van der Waals surface area (Å²) >= 11 is 3.44. The lowest BCUT2D eigenvalue weighted by Gasteiger charge is -2.34. The average molecular weight is 374 g/mol. The summed E-state index contributed by atoms with van der Waals surface area (Å²) in [6.07, 6.45) is 0.896. The molecule has 0 aromatic heterocycles. The largest absolute Gasteiger partial charge is 0.371 e. The van der Waals surface area contributed by atoms with Crippen LogP contribution in [0.4, 0.5) is 0 Å². The Morgan fingerprint density at radius 3 is 2.71 bits per heavy atom. The van der Waals surface area contributed by atoms with E-state index >= 15 is 0 Å². The van der Waals surface area contributed by atoms with Crippen LogP contribution in [0.25, 0.3) is 0 Å². The number of nitrogens with zero attached hydrogens (tertiary/aromatic N) is 1. The average Bonchev–Trinajstić information content (AvgIpc) is 2.79. The second-order valence-electron chi connectivity index (χ2n) is 5.94. The number of halogens is 1. The predicted octanol–water partition coefficient (Wildman–Crippen LogP) is 2.26. The maximum absolute atomic E-state index is 11.6. The standard InChI is InChI=1S/C15H20BrNO3S/c16-14-3-1-13(2-4-14)15-10-17(6-7-20-15)9-12-5-8-21(18,19)11-12/h1-4,12,15H,5-11H2/t12-,15-/m1/s1. The van der Waals surface area contributed by atoms with Crippen LogP contribution in [-0.4, -0.2) is 51.1 Å². The quantitative estimate of drug-likeness (QED) is 0.814. The third kappa shape index (κ3) is 4.06. The zero-order valence-corrected chi connectivity index (χ0v) is 14.3. The summed E-state index contributed by atoms with van der Waals surface area (Å²) in [6.45, 7) is 3.32. The monoisotopic (exact) mass is 373 g/mol. The van der Waals surface area contributed by atoms with Crippen molar-refractivity contribution in [3.63, 3.8) is 0 Å². The highest BCUT2D eigenvalue weighted by molar-refractivity contribution is 9.10. The third-order valence-electron chi connectivity index (χ3n) is 4.24. The van der Waals surface area contributed by atoms with Crippen LogP contribution in [0, 0.1) is 5.92 Å². The van der Waals surface area contributed by atoms with Crippen LogP contribution in [0.5, 0.6) is 0 Å². The summed E-state index contributed by atoms with van der Waals surface area (Å²) in [5.41, 5.74) is 1.18. The van der Waals surface area contributed by atoms with Gasteiger partial charge in [-0.2, -0.15) is 0 Å².